The Balaban J connectivity index is 2.13. The summed E-state index contributed by atoms with van der Waals surface area (Å²) in [6.45, 7) is 0.314. The summed E-state index contributed by atoms with van der Waals surface area (Å²) < 4.78 is 28.3. The van der Waals surface area contributed by atoms with Gasteiger partial charge in [-0.05, 0) is 24.6 Å². The first kappa shape index (κ1) is 20.0. The number of hydrogen-bond donors (Lipinski definition) is 1. The van der Waals surface area contributed by atoms with E-state index >= 15 is 0 Å². The van der Waals surface area contributed by atoms with Crippen LogP contribution in [0.25, 0.3) is 0 Å². The molecule has 0 aromatic heterocycles. The highest BCUT2D eigenvalue weighted by Gasteiger charge is 2.36. The SMILES string of the molecule is COCCN(C(=O)C(=O)Nc1ccc(Cl)cc1Cl)C1CCS(=O)(=O)C1. The summed E-state index contributed by atoms with van der Waals surface area (Å²) in [5.74, 6) is -1.88. The van der Waals surface area contributed by atoms with Crippen molar-refractivity contribution in [3.63, 3.8) is 0 Å². The molecule has 1 atom stereocenters. The highest BCUT2D eigenvalue weighted by atomic mass is 35.5. The fourth-order valence-corrected chi connectivity index (χ4v) is 4.74. The van der Waals surface area contributed by atoms with Gasteiger partial charge in [0.05, 0.1) is 28.8 Å². The predicted molar refractivity (Wildman–Crippen MR) is 95.7 cm³/mol. The number of sulfone groups is 1. The first-order chi connectivity index (χ1) is 11.7. The summed E-state index contributed by atoms with van der Waals surface area (Å²) in [6, 6.07) is 3.91. The first-order valence-corrected chi connectivity index (χ1v) is 10.1. The fourth-order valence-electron chi connectivity index (χ4n) is 2.56. The molecule has 2 amide bonds. The normalized spacial score (nSPS) is 18.8. The number of hydrogen-bond acceptors (Lipinski definition) is 5. The van der Waals surface area contributed by atoms with Crippen molar-refractivity contribution in [2.45, 2.75) is 12.5 Å². The summed E-state index contributed by atoms with van der Waals surface area (Å²) >= 11 is 11.8. The molecular formula is C15H18Cl2N2O5S. The number of ether oxygens (including phenoxy) is 1. The minimum Gasteiger partial charge on any atom is -0.383 e. The average Bonchev–Trinajstić information content (AvgIpc) is 2.90. The zero-order valence-corrected chi connectivity index (χ0v) is 15.8. The van der Waals surface area contributed by atoms with Gasteiger partial charge in [-0.15, -0.1) is 0 Å². The number of carbonyl (C=O) groups excluding carboxylic acids is 2. The van der Waals surface area contributed by atoms with Gasteiger partial charge in [-0.2, -0.15) is 0 Å². The topological polar surface area (TPSA) is 92.8 Å². The third-order valence-corrected chi connectivity index (χ3v) is 6.12. The number of carbonyl (C=O) groups is 2. The summed E-state index contributed by atoms with van der Waals surface area (Å²) in [4.78, 5) is 26.1. The van der Waals surface area contributed by atoms with Crippen molar-refractivity contribution >= 4 is 50.5 Å². The van der Waals surface area contributed by atoms with Crippen LogP contribution in [0.4, 0.5) is 5.69 Å². The van der Waals surface area contributed by atoms with E-state index in [2.05, 4.69) is 5.32 Å². The Labute approximate surface area is 156 Å². The average molecular weight is 409 g/mol. The van der Waals surface area contributed by atoms with Crippen LogP contribution in [0.15, 0.2) is 18.2 Å². The fraction of sp³-hybridized carbons (Fsp3) is 0.467. The van der Waals surface area contributed by atoms with E-state index in [1.54, 1.807) is 0 Å². The molecule has 0 bridgehead atoms. The molecule has 1 aliphatic heterocycles. The van der Waals surface area contributed by atoms with Gasteiger partial charge in [0.15, 0.2) is 9.84 Å². The molecule has 1 heterocycles. The Kier molecular flexibility index (Phi) is 6.67. The number of rotatable bonds is 5. The molecule has 1 unspecified atom stereocenters. The van der Waals surface area contributed by atoms with Crippen LogP contribution in [0.5, 0.6) is 0 Å². The molecule has 2 rings (SSSR count). The van der Waals surface area contributed by atoms with Crippen molar-refractivity contribution < 1.29 is 22.7 Å². The van der Waals surface area contributed by atoms with Crippen LogP contribution in [-0.4, -0.2) is 62.9 Å². The maximum Gasteiger partial charge on any atom is 0.313 e. The van der Waals surface area contributed by atoms with Gasteiger partial charge in [-0.25, -0.2) is 8.42 Å². The molecule has 1 aromatic rings. The second-order valence-corrected chi connectivity index (χ2v) is 8.70. The zero-order chi connectivity index (χ0) is 18.6. The molecule has 1 N–H and O–H groups in total. The number of anilines is 1. The maximum atomic E-state index is 12.5. The largest absolute Gasteiger partial charge is 0.383 e. The van der Waals surface area contributed by atoms with Crippen molar-refractivity contribution in [3.05, 3.63) is 28.2 Å². The predicted octanol–water partition coefficient (Wildman–Crippen LogP) is 1.59. The highest BCUT2D eigenvalue weighted by molar-refractivity contribution is 7.91. The van der Waals surface area contributed by atoms with E-state index in [9.17, 15) is 18.0 Å². The van der Waals surface area contributed by atoms with E-state index in [1.165, 1.54) is 30.2 Å². The van der Waals surface area contributed by atoms with Crippen molar-refractivity contribution in [1.82, 2.24) is 4.90 Å². The molecule has 25 heavy (non-hydrogen) atoms. The van der Waals surface area contributed by atoms with Crippen molar-refractivity contribution in [3.8, 4) is 0 Å². The Morgan fingerprint density at radius 1 is 1.36 bits per heavy atom. The van der Waals surface area contributed by atoms with Crippen LogP contribution < -0.4 is 5.32 Å². The minimum absolute atomic E-state index is 0.000932. The number of benzene rings is 1. The summed E-state index contributed by atoms with van der Waals surface area (Å²) in [5, 5.41) is 3.02. The van der Waals surface area contributed by atoms with Gasteiger partial charge in [0.25, 0.3) is 0 Å². The van der Waals surface area contributed by atoms with Gasteiger partial charge in [0.2, 0.25) is 0 Å². The second kappa shape index (κ2) is 8.35. The zero-order valence-electron chi connectivity index (χ0n) is 13.5. The monoisotopic (exact) mass is 408 g/mol. The molecule has 1 saturated heterocycles. The molecule has 1 fully saturated rings. The molecule has 0 saturated carbocycles. The maximum absolute atomic E-state index is 12.5. The van der Waals surface area contributed by atoms with E-state index in [1.807, 2.05) is 0 Å². The van der Waals surface area contributed by atoms with E-state index in [0.29, 0.717) is 11.4 Å². The lowest BCUT2D eigenvalue weighted by atomic mass is 10.2. The molecular weight excluding hydrogens is 391 g/mol. The standard InChI is InChI=1S/C15H18Cl2N2O5S/c1-24-6-5-19(11-4-7-25(22,23)9-11)15(21)14(20)18-13-3-2-10(16)8-12(13)17/h2-3,8,11H,4-7,9H2,1H3,(H,18,20). The van der Waals surface area contributed by atoms with E-state index in [0.717, 1.165) is 0 Å². The quantitative estimate of drug-likeness (QED) is 0.746. The molecule has 0 aliphatic carbocycles. The Hall–Kier alpha value is -1.35. The summed E-state index contributed by atoms with van der Waals surface area (Å²) in [6.07, 6.45) is 0.298. The van der Waals surface area contributed by atoms with Gasteiger partial charge >= 0.3 is 11.8 Å². The number of halogens is 2. The second-order valence-electron chi connectivity index (χ2n) is 5.63. The lowest BCUT2D eigenvalue weighted by Crippen LogP contribution is -2.48. The van der Waals surface area contributed by atoms with Gasteiger partial charge in [-0.3, -0.25) is 9.59 Å². The van der Waals surface area contributed by atoms with Crippen LogP contribution in [-0.2, 0) is 24.2 Å². The van der Waals surface area contributed by atoms with Crippen molar-refractivity contribution in [2.75, 3.05) is 37.1 Å². The molecule has 7 nitrogen and oxygen atoms in total. The third kappa shape index (κ3) is 5.31. The molecule has 10 heteroatoms. The third-order valence-electron chi connectivity index (χ3n) is 3.82. The number of methoxy groups -OCH3 is 1. The van der Waals surface area contributed by atoms with Crippen LogP contribution in [0.1, 0.15) is 6.42 Å². The van der Waals surface area contributed by atoms with E-state index in [4.69, 9.17) is 27.9 Å². The molecule has 1 aromatic carbocycles. The Morgan fingerprint density at radius 2 is 2.08 bits per heavy atom. The Bertz CT molecular complexity index is 769. The lowest BCUT2D eigenvalue weighted by molar-refractivity contribution is -0.144. The van der Waals surface area contributed by atoms with Crippen LogP contribution in [0.2, 0.25) is 10.0 Å². The van der Waals surface area contributed by atoms with Crippen LogP contribution in [0, 0.1) is 0 Å². The van der Waals surface area contributed by atoms with Gasteiger partial charge in [0, 0.05) is 24.7 Å². The molecule has 138 valence electrons. The number of amides is 2. The molecule has 1 aliphatic rings. The molecule has 0 radical (unpaired) electrons. The van der Waals surface area contributed by atoms with Gasteiger partial charge in [0.1, 0.15) is 0 Å². The first-order valence-electron chi connectivity index (χ1n) is 7.50. The van der Waals surface area contributed by atoms with E-state index < -0.39 is 27.7 Å². The smallest absolute Gasteiger partial charge is 0.313 e. The highest BCUT2D eigenvalue weighted by Crippen LogP contribution is 2.25. The van der Waals surface area contributed by atoms with Crippen LogP contribution in [0.3, 0.4) is 0 Å². The van der Waals surface area contributed by atoms with Gasteiger partial charge < -0.3 is 15.0 Å². The van der Waals surface area contributed by atoms with Gasteiger partial charge in [-0.1, -0.05) is 23.2 Å². The molecule has 0 spiro atoms. The summed E-state index contributed by atoms with van der Waals surface area (Å²) in [5.41, 5.74) is 0.246. The minimum atomic E-state index is -3.20. The lowest BCUT2D eigenvalue weighted by Gasteiger charge is -2.27. The van der Waals surface area contributed by atoms with E-state index in [-0.39, 0.29) is 35.4 Å². The number of nitrogens with one attached hydrogen (secondary N) is 1. The van der Waals surface area contributed by atoms with Crippen molar-refractivity contribution in [2.24, 2.45) is 0 Å². The Morgan fingerprint density at radius 3 is 2.64 bits per heavy atom. The van der Waals surface area contributed by atoms with Crippen molar-refractivity contribution in [1.29, 1.82) is 0 Å². The number of nitrogens with zero attached hydrogens (tertiary/aromatic N) is 1. The summed E-state index contributed by atoms with van der Waals surface area (Å²) in [7, 11) is -1.74. The van der Waals surface area contributed by atoms with Crippen LogP contribution >= 0.6 is 23.2 Å².